The Morgan fingerprint density at radius 3 is 2.22 bits per heavy atom. The SMILES string of the molecule is CC(C)(C)C(O)/C(=C\c1ccc(C(F)(F)F)cc1)n1cncn1. The van der Waals surface area contributed by atoms with Gasteiger partial charge in [0.2, 0.25) is 0 Å². The molecule has 0 amide bonds. The molecule has 0 saturated heterocycles. The molecule has 23 heavy (non-hydrogen) atoms. The van der Waals surface area contributed by atoms with Gasteiger partial charge >= 0.3 is 6.18 Å². The zero-order valence-electron chi connectivity index (χ0n) is 13.0. The van der Waals surface area contributed by atoms with Crippen molar-refractivity contribution in [3.05, 3.63) is 48.0 Å². The van der Waals surface area contributed by atoms with Gasteiger partial charge in [0.1, 0.15) is 18.8 Å². The van der Waals surface area contributed by atoms with Crippen LogP contribution in [0.5, 0.6) is 0 Å². The van der Waals surface area contributed by atoms with Crippen LogP contribution in [0.15, 0.2) is 36.9 Å². The van der Waals surface area contributed by atoms with Crippen molar-refractivity contribution in [3.63, 3.8) is 0 Å². The van der Waals surface area contributed by atoms with Crippen LogP contribution in [-0.2, 0) is 6.18 Å². The minimum absolute atomic E-state index is 0.440. The number of rotatable bonds is 3. The molecule has 2 aromatic rings. The average molecular weight is 325 g/mol. The highest BCUT2D eigenvalue weighted by atomic mass is 19.4. The number of aliphatic hydroxyl groups is 1. The van der Waals surface area contributed by atoms with E-state index in [0.29, 0.717) is 11.3 Å². The summed E-state index contributed by atoms with van der Waals surface area (Å²) in [5.41, 5.74) is -0.209. The highest BCUT2D eigenvalue weighted by Crippen LogP contribution is 2.31. The molecule has 1 atom stereocenters. The van der Waals surface area contributed by atoms with E-state index in [-0.39, 0.29) is 0 Å². The van der Waals surface area contributed by atoms with Gasteiger partial charge in [-0.15, -0.1) is 0 Å². The maximum atomic E-state index is 12.6. The molecule has 0 radical (unpaired) electrons. The summed E-state index contributed by atoms with van der Waals surface area (Å²) in [4.78, 5) is 3.85. The lowest BCUT2D eigenvalue weighted by atomic mass is 9.86. The molecular formula is C16H18F3N3O. The molecule has 124 valence electrons. The molecule has 1 heterocycles. The summed E-state index contributed by atoms with van der Waals surface area (Å²) >= 11 is 0. The summed E-state index contributed by atoms with van der Waals surface area (Å²) in [6.45, 7) is 5.57. The number of alkyl halides is 3. The third kappa shape index (κ3) is 4.19. The zero-order valence-corrected chi connectivity index (χ0v) is 13.0. The normalized spacial score (nSPS) is 14.8. The van der Waals surface area contributed by atoms with Crippen LogP contribution in [0.3, 0.4) is 0 Å². The second kappa shape index (κ2) is 6.16. The van der Waals surface area contributed by atoms with Gasteiger partial charge < -0.3 is 5.11 Å². The fraction of sp³-hybridized carbons (Fsp3) is 0.375. The first kappa shape index (κ1) is 17.2. The molecule has 1 aromatic carbocycles. The minimum atomic E-state index is -4.37. The average Bonchev–Trinajstić information content (AvgIpc) is 2.96. The fourth-order valence-electron chi connectivity index (χ4n) is 1.99. The Labute approximate surface area is 132 Å². The summed E-state index contributed by atoms with van der Waals surface area (Å²) in [5.74, 6) is 0. The Hall–Kier alpha value is -2.15. The second-order valence-electron chi connectivity index (χ2n) is 6.30. The summed E-state index contributed by atoms with van der Waals surface area (Å²) < 4.78 is 39.2. The van der Waals surface area contributed by atoms with E-state index in [4.69, 9.17) is 0 Å². The number of halogens is 3. The van der Waals surface area contributed by atoms with Crippen LogP contribution in [0.2, 0.25) is 0 Å². The Kier molecular flexibility index (Phi) is 4.61. The van der Waals surface area contributed by atoms with Gasteiger partial charge in [0.25, 0.3) is 0 Å². The molecule has 7 heteroatoms. The largest absolute Gasteiger partial charge is 0.416 e. The second-order valence-corrected chi connectivity index (χ2v) is 6.30. The van der Waals surface area contributed by atoms with Crippen LogP contribution in [0, 0.1) is 5.41 Å². The minimum Gasteiger partial charge on any atom is -0.386 e. The molecule has 1 N–H and O–H groups in total. The van der Waals surface area contributed by atoms with Crippen LogP contribution in [-0.4, -0.2) is 26.0 Å². The van der Waals surface area contributed by atoms with E-state index in [1.54, 1.807) is 6.08 Å². The van der Waals surface area contributed by atoms with E-state index in [9.17, 15) is 18.3 Å². The van der Waals surface area contributed by atoms with Crippen molar-refractivity contribution >= 4 is 11.8 Å². The fourth-order valence-corrected chi connectivity index (χ4v) is 1.99. The Morgan fingerprint density at radius 2 is 1.78 bits per heavy atom. The number of hydrogen-bond acceptors (Lipinski definition) is 3. The van der Waals surface area contributed by atoms with Gasteiger partial charge in [-0.3, -0.25) is 0 Å². The highest BCUT2D eigenvalue weighted by molar-refractivity contribution is 5.73. The summed E-state index contributed by atoms with van der Waals surface area (Å²) in [7, 11) is 0. The molecule has 4 nitrogen and oxygen atoms in total. The van der Waals surface area contributed by atoms with Gasteiger partial charge in [0, 0.05) is 0 Å². The molecule has 1 aromatic heterocycles. The van der Waals surface area contributed by atoms with Crippen molar-refractivity contribution < 1.29 is 18.3 Å². The Bertz CT molecular complexity index is 668. The first-order valence-corrected chi connectivity index (χ1v) is 7.01. The van der Waals surface area contributed by atoms with Crippen LogP contribution >= 0.6 is 0 Å². The van der Waals surface area contributed by atoms with Crippen LogP contribution in [0.25, 0.3) is 11.8 Å². The van der Waals surface area contributed by atoms with Crippen molar-refractivity contribution in [2.75, 3.05) is 0 Å². The summed E-state index contributed by atoms with van der Waals surface area (Å²) in [6, 6.07) is 4.73. The van der Waals surface area contributed by atoms with Gasteiger partial charge in [-0.2, -0.15) is 18.3 Å². The lowest BCUT2D eigenvalue weighted by Crippen LogP contribution is -2.29. The molecule has 2 rings (SSSR count). The summed E-state index contributed by atoms with van der Waals surface area (Å²) in [5, 5.41) is 14.5. The number of hydrogen-bond donors (Lipinski definition) is 1. The maximum absolute atomic E-state index is 12.6. The lowest BCUT2D eigenvalue weighted by Gasteiger charge is -2.28. The smallest absolute Gasteiger partial charge is 0.386 e. The van der Waals surface area contributed by atoms with Crippen molar-refractivity contribution in [2.24, 2.45) is 5.41 Å². The van der Waals surface area contributed by atoms with E-state index >= 15 is 0 Å². The Balaban J connectivity index is 2.42. The molecule has 1 unspecified atom stereocenters. The molecular weight excluding hydrogens is 307 g/mol. The molecule has 0 fully saturated rings. The molecule has 0 aliphatic heterocycles. The third-order valence-electron chi connectivity index (χ3n) is 3.34. The zero-order chi connectivity index (χ0) is 17.3. The topological polar surface area (TPSA) is 50.9 Å². The first-order valence-electron chi connectivity index (χ1n) is 7.01. The van der Waals surface area contributed by atoms with Gasteiger partial charge in [-0.1, -0.05) is 32.9 Å². The molecule has 0 aliphatic rings. The van der Waals surface area contributed by atoms with Crippen molar-refractivity contribution in [3.8, 4) is 0 Å². The standard InChI is InChI=1S/C16H18F3N3O/c1-15(2,3)14(23)13(22-10-20-9-21-22)8-11-4-6-12(7-5-11)16(17,18)19/h4-10,14,23H,1-3H3/b13-8+. The van der Waals surface area contributed by atoms with Gasteiger partial charge in [-0.25, -0.2) is 9.67 Å². The van der Waals surface area contributed by atoms with Gasteiger partial charge in [-0.05, 0) is 29.2 Å². The number of aromatic nitrogens is 3. The quantitative estimate of drug-likeness (QED) is 0.936. The highest BCUT2D eigenvalue weighted by Gasteiger charge is 2.30. The van der Waals surface area contributed by atoms with Crippen LogP contribution < -0.4 is 0 Å². The van der Waals surface area contributed by atoms with Crippen LogP contribution in [0.1, 0.15) is 31.9 Å². The molecule has 0 spiro atoms. The van der Waals surface area contributed by atoms with E-state index in [1.807, 2.05) is 20.8 Å². The monoisotopic (exact) mass is 325 g/mol. The molecule has 0 saturated carbocycles. The Morgan fingerprint density at radius 1 is 1.17 bits per heavy atom. The van der Waals surface area contributed by atoms with Crippen molar-refractivity contribution in [2.45, 2.75) is 33.1 Å². The van der Waals surface area contributed by atoms with E-state index in [2.05, 4.69) is 10.1 Å². The lowest BCUT2D eigenvalue weighted by molar-refractivity contribution is -0.137. The summed E-state index contributed by atoms with van der Waals surface area (Å²) in [6.07, 6.45) is -0.875. The van der Waals surface area contributed by atoms with Crippen LogP contribution in [0.4, 0.5) is 13.2 Å². The predicted octanol–water partition coefficient (Wildman–Crippen LogP) is 3.70. The van der Waals surface area contributed by atoms with E-state index in [1.165, 1.54) is 29.5 Å². The van der Waals surface area contributed by atoms with E-state index in [0.717, 1.165) is 12.1 Å². The van der Waals surface area contributed by atoms with Gasteiger partial charge in [0.05, 0.1) is 11.3 Å². The van der Waals surface area contributed by atoms with Crippen molar-refractivity contribution in [1.82, 2.24) is 14.8 Å². The maximum Gasteiger partial charge on any atom is 0.416 e. The number of aliphatic hydroxyl groups excluding tert-OH is 1. The van der Waals surface area contributed by atoms with Crippen molar-refractivity contribution in [1.29, 1.82) is 0 Å². The predicted molar refractivity (Wildman–Crippen MR) is 81.1 cm³/mol. The first-order chi connectivity index (χ1) is 10.6. The van der Waals surface area contributed by atoms with E-state index < -0.39 is 23.3 Å². The molecule has 0 bridgehead atoms. The molecule has 0 aliphatic carbocycles. The number of benzene rings is 1. The third-order valence-corrected chi connectivity index (χ3v) is 3.34. The number of nitrogens with zero attached hydrogens (tertiary/aromatic N) is 3. The van der Waals surface area contributed by atoms with Gasteiger partial charge in [0.15, 0.2) is 0 Å².